The zero-order valence-corrected chi connectivity index (χ0v) is 19.9. The number of hydrogen-bond donors (Lipinski definition) is 2. The highest BCUT2D eigenvalue weighted by molar-refractivity contribution is 14.0. The summed E-state index contributed by atoms with van der Waals surface area (Å²) >= 11 is 0. The zero-order chi connectivity index (χ0) is 20.2. The minimum absolute atomic E-state index is 0. The number of hydrogen-bond acceptors (Lipinski definition) is 4. The molecule has 1 aromatic rings. The van der Waals surface area contributed by atoms with E-state index in [-0.39, 0.29) is 36.1 Å². The molecule has 1 saturated heterocycles. The van der Waals surface area contributed by atoms with Crippen molar-refractivity contribution in [2.24, 2.45) is 10.7 Å². The number of nitrogens with two attached hydrogens (primary N) is 1. The third-order valence-electron chi connectivity index (χ3n) is 4.75. The maximum atomic E-state index is 11.7. The third-order valence-corrected chi connectivity index (χ3v) is 4.75. The molecule has 0 bridgehead atoms. The molecule has 0 aromatic heterocycles. The number of amides is 1. The molecular formula is C21H35IN4O3. The van der Waals surface area contributed by atoms with Crippen molar-refractivity contribution in [2.75, 3.05) is 32.8 Å². The second kappa shape index (κ2) is 14.3. The van der Waals surface area contributed by atoms with Crippen LogP contribution in [0, 0.1) is 0 Å². The van der Waals surface area contributed by atoms with Crippen molar-refractivity contribution in [3.8, 4) is 5.75 Å². The second-order valence-electron chi connectivity index (χ2n) is 6.97. The maximum Gasteiger partial charge on any atom is 0.409 e. The number of aliphatic imine (C=N–C) groups is 1. The number of likely N-dealkylation sites (tertiary alicyclic amines) is 1. The Labute approximate surface area is 191 Å². The van der Waals surface area contributed by atoms with E-state index >= 15 is 0 Å². The van der Waals surface area contributed by atoms with Gasteiger partial charge in [0, 0.05) is 25.7 Å². The molecule has 1 aliphatic heterocycles. The van der Waals surface area contributed by atoms with Crippen molar-refractivity contribution in [1.82, 2.24) is 10.2 Å². The van der Waals surface area contributed by atoms with E-state index in [1.165, 1.54) is 5.56 Å². The molecule has 29 heavy (non-hydrogen) atoms. The van der Waals surface area contributed by atoms with Gasteiger partial charge in [-0.25, -0.2) is 4.79 Å². The Kier molecular flexibility index (Phi) is 12.5. The summed E-state index contributed by atoms with van der Waals surface area (Å²) in [5, 5.41) is 3.26. The summed E-state index contributed by atoms with van der Waals surface area (Å²) in [6, 6.07) is 8.41. The third kappa shape index (κ3) is 9.56. The molecule has 0 unspecified atom stereocenters. The molecule has 1 amide bonds. The lowest BCUT2D eigenvalue weighted by atomic mass is 10.1. The van der Waals surface area contributed by atoms with E-state index in [4.69, 9.17) is 15.2 Å². The highest BCUT2D eigenvalue weighted by Gasteiger charge is 2.23. The van der Waals surface area contributed by atoms with Crippen molar-refractivity contribution in [2.45, 2.75) is 52.0 Å². The van der Waals surface area contributed by atoms with Crippen LogP contribution >= 0.6 is 24.0 Å². The lowest BCUT2D eigenvalue weighted by Gasteiger charge is -2.31. The van der Waals surface area contributed by atoms with Crippen molar-refractivity contribution in [3.05, 3.63) is 29.8 Å². The highest BCUT2D eigenvalue weighted by atomic mass is 127. The van der Waals surface area contributed by atoms with Crippen LogP contribution in [-0.4, -0.2) is 55.8 Å². The number of rotatable bonds is 9. The molecule has 1 aromatic carbocycles. The Hall–Kier alpha value is -1.71. The van der Waals surface area contributed by atoms with Gasteiger partial charge in [0.15, 0.2) is 5.96 Å². The zero-order valence-electron chi connectivity index (χ0n) is 17.6. The first-order chi connectivity index (χ1) is 13.6. The number of nitrogens with one attached hydrogen (secondary N) is 1. The van der Waals surface area contributed by atoms with Crippen LogP contribution in [0.1, 0.15) is 45.1 Å². The summed E-state index contributed by atoms with van der Waals surface area (Å²) < 4.78 is 10.7. The first-order valence-corrected chi connectivity index (χ1v) is 10.3. The lowest BCUT2D eigenvalue weighted by molar-refractivity contribution is 0.0963. The van der Waals surface area contributed by atoms with Crippen molar-refractivity contribution in [1.29, 1.82) is 0 Å². The Morgan fingerprint density at radius 1 is 1.24 bits per heavy atom. The molecule has 1 aliphatic rings. The topological polar surface area (TPSA) is 89.2 Å². The number of halogens is 1. The standard InChI is InChI=1S/C21H34N4O3.HI/c1-3-5-16-28-19-8-6-17(7-9-19)10-13-23-20(22)24-18-11-14-25(15-12-18)21(26)27-4-2;/h6-9,18H,3-5,10-16H2,1-2H3,(H3,22,23,24);1H. The second-order valence-corrected chi connectivity index (χ2v) is 6.97. The summed E-state index contributed by atoms with van der Waals surface area (Å²) in [5.41, 5.74) is 7.23. The average Bonchev–Trinajstić information content (AvgIpc) is 2.70. The van der Waals surface area contributed by atoms with Gasteiger partial charge >= 0.3 is 6.09 Å². The Bertz CT molecular complexity index is 617. The SMILES string of the molecule is CCCCOc1ccc(CCN=C(N)NC2CCN(C(=O)OCC)CC2)cc1.I. The van der Waals surface area contributed by atoms with Crippen molar-refractivity contribution >= 4 is 36.0 Å². The number of nitrogens with zero attached hydrogens (tertiary/aromatic N) is 2. The van der Waals surface area contributed by atoms with Gasteiger partial charge in [0.1, 0.15) is 5.75 Å². The highest BCUT2D eigenvalue weighted by Crippen LogP contribution is 2.13. The van der Waals surface area contributed by atoms with Crippen LogP contribution in [0.4, 0.5) is 4.79 Å². The van der Waals surface area contributed by atoms with E-state index in [2.05, 4.69) is 29.4 Å². The molecular weight excluding hydrogens is 483 g/mol. The average molecular weight is 518 g/mol. The molecule has 0 radical (unpaired) electrons. The molecule has 8 heteroatoms. The molecule has 1 fully saturated rings. The number of unbranched alkanes of at least 4 members (excludes halogenated alkanes) is 1. The number of carbonyl (C=O) groups is 1. The number of guanidine groups is 1. The predicted molar refractivity (Wildman–Crippen MR) is 127 cm³/mol. The molecule has 0 aliphatic carbocycles. The monoisotopic (exact) mass is 518 g/mol. The number of piperidine rings is 1. The predicted octanol–water partition coefficient (Wildman–Crippen LogP) is 3.55. The number of ether oxygens (including phenoxy) is 2. The van der Waals surface area contributed by atoms with E-state index in [1.54, 1.807) is 4.90 Å². The Balaban J connectivity index is 0.00000420. The van der Waals surface area contributed by atoms with Gasteiger partial charge < -0.3 is 25.4 Å². The van der Waals surface area contributed by atoms with Crippen LogP contribution in [0.3, 0.4) is 0 Å². The fourth-order valence-electron chi connectivity index (χ4n) is 3.07. The molecule has 2 rings (SSSR count). The van der Waals surface area contributed by atoms with E-state index in [1.807, 2.05) is 19.1 Å². The summed E-state index contributed by atoms with van der Waals surface area (Å²) in [6.45, 7) is 7.13. The van der Waals surface area contributed by atoms with Gasteiger partial charge in [0.25, 0.3) is 0 Å². The Morgan fingerprint density at radius 3 is 2.55 bits per heavy atom. The molecule has 164 valence electrons. The van der Waals surface area contributed by atoms with Crippen LogP contribution in [0.5, 0.6) is 5.75 Å². The van der Waals surface area contributed by atoms with Crippen LogP contribution in [0.2, 0.25) is 0 Å². The summed E-state index contributed by atoms with van der Waals surface area (Å²) in [7, 11) is 0. The molecule has 3 N–H and O–H groups in total. The first-order valence-electron chi connectivity index (χ1n) is 10.3. The van der Waals surface area contributed by atoms with Crippen LogP contribution < -0.4 is 15.8 Å². The van der Waals surface area contributed by atoms with Gasteiger partial charge in [-0.1, -0.05) is 25.5 Å². The largest absolute Gasteiger partial charge is 0.494 e. The van der Waals surface area contributed by atoms with Gasteiger partial charge in [-0.15, -0.1) is 24.0 Å². The Morgan fingerprint density at radius 2 is 1.93 bits per heavy atom. The molecule has 0 saturated carbocycles. The molecule has 1 heterocycles. The molecule has 0 spiro atoms. The van der Waals surface area contributed by atoms with Crippen molar-refractivity contribution in [3.63, 3.8) is 0 Å². The van der Waals surface area contributed by atoms with Gasteiger partial charge in [0.05, 0.1) is 13.2 Å². The summed E-state index contributed by atoms with van der Waals surface area (Å²) in [5.74, 6) is 1.38. The van der Waals surface area contributed by atoms with Crippen LogP contribution in [0.15, 0.2) is 29.3 Å². The molecule has 7 nitrogen and oxygen atoms in total. The fourth-order valence-corrected chi connectivity index (χ4v) is 3.07. The minimum Gasteiger partial charge on any atom is -0.494 e. The van der Waals surface area contributed by atoms with E-state index < -0.39 is 0 Å². The lowest BCUT2D eigenvalue weighted by Crippen LogP contribution is -2.48. The maximum absolute atomic E-state index is 11.7. The van der Waals surface area contributed by atoms with Gasteiger partial charge in [-0.3, -0.25) is 4.99 Å². The smallest absolute Gasteiger partial charge is 0.409 e. The van der Waals surface area contributed by atoms with Gasteiger partial charge in [0.2, 0.25) is 0 Å². The number of benzene rings is 1. The van der Waals surface area contributed by atoms with Gasteiger partial charge in [-0.05, 0) is 50.3 Å². The first kappa shape index (κ1) is 25.3. The van der Waals surface area contributed by atoms with Crippen LogP contribution in [0.25, 0.3) is 0 Å². The summed E-state index contributed by atoms with van der Waals surface area (Å²) in [6.07, 6.45) is 4.49. The van der Waals surface area contributed by atoms with Crippen molar-refractivity contribution < 1.29 is 14.3 Å². The van der Waals surface area contributed by atoms with E-state index in [0.717, 1.165) is 44.5 Å². The van der Waals surface area contributed by atoms with Crippen LogP contribution in [-0.2, 0) is 11.2 Å². The normalized spacial score (nSPS) is 14.8. The molecule has 0 atom stereocenters. The van der Waals surface area contributed by atoms with Gasteiger partial charge in [-0.2, -0.15) is 0 Å². The minimum atomic E-state index is -0.232. The van der Waals surface area contributed by atoms with E-state index in [9.17, 15) is 4.79 Å². The number of carbonyl (C=O) groups excluding carboxylic acids is 1. The van der Waals surface area contributed by atoms with E-state index in [0.29, 0.717) is 32.2 Å². The summed E-state index contributed by atoms with van der Waals surface area (Å²) in [4.78, 5) is 17.9. The quantitative estimate of drug-likeness (QED) is 0.226. The fraction of sp³-hybridized carbons (Fsp3) is 0.619.